The van der Waals surface area contributed by atoms with Crippen LogP contribution < -0.4 is 5.32 Å². The number of ether oxygens (including phenoxy) is 1. The number of hydrogen-bond donors (Lipinski definition) is 2. The molecule has 2 heterocycles. The summed E-state index contributed by atoms with van der Waals surface area (Å²) < 4.78 is 28.9. The van der Waals surface area contributed by atoms with Gasteiger partial charge in [0.1, 0.15) is 11.7 Å². The zero-order valence-electron chi connectivity index (χ0n) is 13.8. The van der Waals surface area contributed by atoms with Crippen molar-refractivity contribution in [2.75, 3.05) is 26.9 Å². The number of carboxylic acid groups (broad SMARTS) is 1. The molecular formula is C13H23N4O6P. The minimum absolute atomic E-state index is 0.148. The number of carbonyl (C=O) groups is 1. The first kappa shape index (κ1) is 19.0. The van der Waals surface area contributed by atoms with Crippen LogP contribution in [0.4, 0.5) is 0 Å². The fourth-order valence-corrected chi connectivity index (χ4v) is 3.46. The predicted octanol–water partition coefficient (Wildman–Crippen LogP) is 0.486. The van der Waals surface area contributed by atoms with Gasteiger partial charge in [-0.3, -0.25) is 14.0 Å². The molecule has 1 aromatic heterocycles. The molecule has 24 heavy (non-hydrogen) atoms. The molecule has 1 aliphatic rings. The van der Waals surface area contributed by atoms with Crippen LogP contribution in [0.3, 0.4) is 0 Å². The van der Waals surface area contributed by atoms with E-state index in [1.54, 1.807) is 10.9 Å². The average molecular weight is 362 g/mol. The van der Waals surface area contributed by atoms with Gasteiger partial charge in [-0.1, -0.05) is 5.21 Å². The van der Waals surface area contributed by atoms with Crippen LogP contribution in [-0.4, -0.2) is 65.1 Å². The highest BCUT2D eigenvalue weighted by molar-refractivity contribution is 7.53. The highest BCUT2D eigenvalue weighted by Gasteiger charge is 2.29. The summed E-state index contributed by atoms with van der Waals surface area (Å²) in [7, 11) is -0.268. The summed E-state index contributed by atoms with van der Waals surface area (Å²) in [4.78, 5) is 10.9. The first-order valence-corrected chi connectivity index (χ1v) is 9.36. The van der Waals surface area contributed by atoms with Crippen LogP contribution in [0.25, 0.3) is 0 Å². The van der Waals surface area contributed by atoms with Gasteiger partial charge in [0.05, 0.1) is 25.1 Å². The Morgan fingerprint density at radius 3 is 2.88 bits per heavy atom. The van der Waals surface area contributed by atoms with E-state index in [9.17, 15) is 9.36 Å². The Bertz CT molecular complexity index is 587. The smallest absolute Gasteiger partial charge is 0.330 e. The van der Waals surface area contributed by atoms with Crippen LogP contribution in [0.1, 0.15) is 18.5 Å². The normalized spacial score (nSPS) is 21.2. The van der Waals surface area contributed by atoms with E-state index in [1.807, 2.05) is 0 Å². The second-order valence-electron chi connectivity index (χ2n) is 5.49. The van der Waals surface area contributed by atoms with Crippen LogP contribution in [0.2, 0.25) is 0 Å². The third-order valence-electron chi connectivity index (χ3n) is 3.82. The number of nitrogens with one attached hydrogen (secondary N) is 1. The zero-order chi connectivity index (χ0) is 17.6. The van der Waals surface area contributed by atoms with E-state index in [0.29, 0.717) is 37.8 Å². The van der Waals surface area contributed by atoms with Crippen molar-refractivity contribution in [3.05, 3.63) is 11.9 Å². The SMILES string of the molecule is COP(=O)(CCCn1cc(CO[C@H]2CN[C@H](C(=O)O)C2)nn1)OC. The van der Waals surface area contributed by atoms with Crippen LogP contribution in [0.5, 0.6) is 0 Å². The van der Waals surface area contributed by atoms with Crippen molar-refractivity contribution in [2.24, 2.45) is 0 Å². The van der Waals surface area contributed by atoms with Crippen LogP contribution in [0.15, 0.2) is 6.20 Å². The number of carboxylic acids is 1. The number of hydrogen-bond acceptors (Lipinski definition) is 8. The standard InChI is InChI=1S/C13H23N4O6P/c1-21-24(20,22-2)5-3-4-17-8-10(15-16-17)9-23-11-6-12(13(18)19)14-7-11/h8,11-12,14H,3-7,9H2,1-2H3,(H,18,19)/t11-,12+/m1/s1. The number of aliphatic carboxylic acids is 1. The van der Waals surface area contributed by atoms with Gasteiger partial charge in [-0.25, -0.2) is 0 Å². The fourth-order valence-electron chi connectivity index (χ4n) is 2.42. The monoisotopic (exact) mass is 362 g/mol. The summed E-state index contributed by atoms with van der Waals surface area (Å²) in [6.07, 6.45) is 2.92. The molecule has 1 saturated heterocycles. The largest absolute Gasteiger partial charge is 0.480 e. The summed E-state index contributed by atoms with van der Waals surface area (Å²) in [6.45, 7) is 1.32. The van der Waals surface area contributed by atoms with Gasteiger partial charge in [0.25, 0.3) is 0 Å². The second kappa shape index (κ2) is 8.68. The van der Waals surface area contributed by atoms with Crippen LogP contribution in [0, 0.1) is 0 Å². The maximum atomic E-state index is 11.9. The summed E-state index contributed by atoms with van der Waals surface area (Å²) in [5.74, 6) is -0.864. The van der Waals surface area contributed by atoms with E-state index < -0.39 is 19.6 Å². The van der Waals surface area contributed by atoms with E-state index in [2.05, 4.69) is 15.6 Å². The number of aromatic nitrogens is 3. The van der Waals surface area contributed by atoms with Gasteiger partial charge in [0, 0.05) is 33.7 Å². The van der Waals surface area contributed by atoms with E-state index in [1.165, 1.54) is 14.2 Å². The van der Waals surface area contributed by atoms with Crippen molar-refractivity contribution in [3.63, 3.8) is 0 Å². The van der Waals surface area contributed by atoms with Gasteiger partial charge in [0.2, 0.25) is 0 Å². The minimum atomic E-state index is -2.99. The summed E-state index contributed by atoms with van der Waals surface area (Å²) >= 11 is 0. The highest BCUT2D eigenvalue weighted by Crippen LogP contribution is 2.46. The molecular weight excluding hydrogens is 339 g/mol. The quantitative estimate of drug-likeness (QED) is 0.572. The molecule has 2 rings (SSSR count). The molecule has 1 fully saturated rings. The van der Waals surface area contributed by atoms with Gasteiger partial charge in [-0.15, -0.1) is 5.10 Å². The Kier molecular flexibility index (Phi) is 6.88. The molecule has 0 spiro atoms. The molecule has 0 unspecified atom stereocenters. The Labute approximate surface area is 140 Å². The average Bonchev–Trinajstić information content (AvgIpc) is 3.22. The van der Waals surface area contributed by atoms with Crippen LogP contribution >= 0.6 is 7.60 Å². The topological polar surface area (TPSA) is 125 Å². The van der Waals surface area contributed by atoms with Gasteiger partial charge in [0.15, 0.2) is 0 Å². The first-order chi connectivity index (χ1) is 11.5. The van der Waals surface area contributed by atoms with E-state index in [0.717, 1.165) is 0 Å². The van der Waals surface area contributed by atoms with Crippen LogP contribution in [-0.2, 0) is 36.3 Å². The lowest BCUT2D eigenvalue weighted by Crippen LogP contribution is -2.29. The maximum Gasteiger partial charge on any atom is 0.330 e. The van der Waals surface area contributed by atoms with Crippen molar-refractivity contribution >= 4 is 13.6 Å². The number of rotatable bonds is 10. The second-order valence-corrected chi connectivity index (χ2v) is 7.89. The Morgan fingerprint density at radius 2 is 2.25 bits per heavy atom. The molecule has 0 aliphatic carbocycles. The molecule has 2 atom stereocenters. The molecule has 11 heteroatoms. The molecule has 0 saturated carbocycles. The zero-order valence-corrected chi connectivity index (χ0v) is 14.6. The summed E-state index contributed by atoms with van der Waals surface area (Å²) in [5, 5.41) is 19.8. The van der Waals surface area contributed by atoms with Gasteiger partial charge >= 0.3 is 13.6 Å². The summed E-state index contributed by atoms with van der Waals surface area (Å²) in [5.41, 5.74) is 0.662. The predicted molar refractivity (Wildman–Crippen MR) is 83.8 cm³/mol. The fraction of sp³-hybridized carbons (Fsp3) is 0.769. The third kappa shape index (κ3) is 5.35. The van der Waals surface area contributed by atoms with E-state index in [4.69, 9.17) is 18.9 Å². The lowest BCUT2D eigenvalue weighted by atomic mass is 10.2. The molecule has 136 valence electrons. The van der Waals surface area contributed by atoms with E-state index >= 15 is 0 Å². The van der Waals surface area contributed by atoms with Crippen molar-refractivity contribution in [3.8, 4) is 0 Å². The molecule has 10 nitrogen and oxygen atoms in total. The minimum Gasteiger partial charge on any atom is -0.480 e. The molecule has 0 amide bonds. The molecule has 1 aliphatic heterocycles. The molecule has 2 N–H and O–H groups in total. The molecule has 0 bridgehead atoms. The molecule has 0 radical (unpaired) electrons. The Morgan fingerprint density at radius 1 is 1.50 bits per heavy atom. The number of aryl methyl sites for hydroxylation is 1. The van der Waals surface area contributed by atoms with Gasteiger partial charge in [-0.05, 0) is 6.42 Å². The Hall–Kier alpha value is -1.32. The van der Waals surface area contributed by atoms with Crippen molar-refractivity contribution < 1.29 is 28.3 Å². The lowest BCUT2D eigenvalue weighted by molar-refractivity contribution is -0.139. The maximum absolute atomic E-state index is 11.9. The molecule has 1 aromatic rings. The van der Waals surface area contributed by atoms with Gasteiger partial charge < -0.3 is 24.2 Å². The van der Waals surface area contributed by atoms with E-state index in [-0.39, 0.29) is 12.7 Å². The number of nitrogens with zero attached hydrogens (tertiary/aromatic N) is 3. The summed E-state index contributed by atoms with van der Waals surface area (Å²) in [6, 6.07) is -0.553. The van der Waals surface area contributed by atoms with Crippen molar-refractivity contribution in [1.82, 2.24) is 20.3 Å². The van der Waals surface area contributed by atoms with Crippen molar-refractivity contribution in [2.45, 2.75) is 38.1 Å². The van der Waals surface area contributed by atoms with Crippen molar-refractivity contribution in [1.29, 1.82) is 0 Å². The first-order valence-electron chi connectivity index (χ1n) is 7.63. The molecule has 0 aromatic carbocycles. The Balaban J connectivity index is 1.72. The van der Waals surface area contributed by atoms with Gasteiger partial charge in [-0.2, -0.15) is 0 Å². The highest BCUT2D eigenvalue weighted by atomic mass is 31.2. The third-order valence-corrected chi connectivity index (χ3v) is 5.79. The lowest BCUT2D eigenvalue weighted by Gasteiger charge is -2.12.